The summed E-state index contributed by atoms with van der Waals surface area (Å²) in [7, 11) is 0. The quantitative estimate of drug-likeness (QED) is 0.629. The highest BCUT2D eigenvalue weighted by Crippen LogP contribution is 2.28. The zero-order valence-electron chi connectivity index (χ0n) is 13.8. The average molecular weight is 342 g/mol. The summed E-state index contributed by atoms with van der Waals surface area (Å²) in [6, 6.07) is 4.21. The van der Waals surface area contributed by atoms with E-state index in [1.54, 1.807) is 0 Å². The van der Waals surface area contributed by atoms with Crippen molar-refractivity contribution in [1.29, 1.82) is 0 Å². The van der Waals surface area contributed by atoms with E-state index in [0.717, 1.165) is 5.70 Å². The van der Waals surface area contributed by atoms with E-state index in [9.17, 15) is 14.7 Å². The van der Waals surface area contributed by atoms with Crippen LogP contribution in [0.15, 0.2) is 51.5 Å². The Balaban J connectivity index is 2.01. The van der Waals surface area contributed by atoms with Gasteiger partial charge in [0.1, 0.15) is 16.9 Å². The van der Waals surface area contributed by atoms with Crippen LogP contribution in [0.25, 0.3) is 11.0 Å². The number of nitrogens with one attached hydrogen (secondary N) is 2. The van der Waals surface area contributed by atoms with Gasteiger partial charge in [0.05, 0.1) is 11.1 Å². The van der Waals surface area contributed by atoms with Gasteiger partial charge in [-0.3, -0.25) is 0 Å². The van der Waals surface area contributed by atoms with E-state index in [-0.39, 0.29) is 23.4 Å². The van der Waals surface area contributed by atoms with Crippen molar-refractivity contribution in [3.8, 4) is 5.75 Å². The second-order valence-electron chi connectivity index (χ2n) is 6.30. The molecule has 3 rings (SSSR count). The van der Waals surface area contributed by atoms with Gasteiger partial charge in [0.25, 0.3) is 0 Å². The molecule has 7 nitrogen and oxygen atoms in total. The summed E-state index contributed by atoms with van der Waals surface area (Å²) in [6.07, 6.45) is 5.61. The fourth-order valence-electron chi connectivity index (χ4n) is 2.70. The number of allylic oxidation sites excluding steroid dienone is 2. The minimum atomic E-state index is -1.35. The van der Waals surface area contributed by atoms with Gasteiger partial charge in [0, 0.05) is 17.6 Å². The van der Waals surface area contributed by atoms with Gasteiger partial charge in [-0.25, -0.2) is 9.59 Å². The molecule has 2 aromatic rings. The van der Waals surface area contributed by atoms with Gasteiger partial charge >= 0.3 is 11.6 Å². The highest BCUT2D eigenvalue weighted by atomic mass is 16.4. The van der Waals surface area contributed by atoms with Crippen LogP contribution in [0.1, 0.15) is 29.8 Å². The minimum absolute atomic E-state index is 0.0380. The molecule has 0 saturated heterocycles. The summed E-state index contributed by atoms with van der Waals surface area (Å²) in [4.78, 5) is 22.9. The molecule has 0 unspecified atom stereocenters. The lowest BCUT2D eigenvalue weighted by Gasteiger charge is -2.31. The molecule has 0 saturated carbocycles. The van der Waals surface area contributed by atoms with Crippen LogP contribution in [0, 0.1) is 0 Å². The lowest BCUT2D eigenvalue weighted by molar-refractivity contribution is 0.0692. The van der Waals surface area contributed by atoms with Crippen molar-refractivity contribution in [2.45, 2.75) is 25.9 Å². The number of hydrogen-bond donors (Lipinski definition) is 4. The summed E-state index contributed by atoms with van der Waals surface area (Å²) in [5.41, 5.74) is -0.253. The molecule has 0 aliphatic carbocycles. The van der Waals surface area contributed by atoms with Crippen LogP contribution in [0.2, 0.25) is 0 Å². The molecule has 1 aromatic carbocycles. The molecule has 1 aromatic heterocycles. The predicted molar refractivity (Wildman–Crippen MR) is 92.4 cm³/mol. The van der Waals surface area contributed by atoms with Gasteiger partial charge in [-0.05, 0) is 50.4 Å². The first-order valence-corrected chi connectivity index (χ1v) is 7.70. The highest BCUT2D eigenvalue weighted by Gasteiger charge is 2.24. The number of rotatable bonds is 4. The van der Waals surface area contributed by atoms with Gasteiger partial charge in [-0.2, -0.15) is 0 Å². The minimum Gasteiger partial charge on any atom is -0.507 e. The Bertz CT molecular complexity index is 969. The summed E-state index contributed by atoms with van der Waals surface area (Å²) in [6.45, 7) is 4.21. The highest BCUT2D eigenvalue weighted by molar-refractivity contribution is 5.92. The number of carboxylic acids is 1. The summed E-state index contributed by atoms with van der Waals surface area (Å²) < 4.78 is 5.17. The van der Waals surface area contributed by atoms with Crippen LogP contribution in [-0.2, 0) is 6.54 Å². The van der Waals surface area contributed by atoms with Gasteiger partial charge in [-0.15, -0.1) is 0 Å². The van der Waals surface area contributed by atoms with Crippen LogP contribution in [0.5, 0.6) is 5.75 Å². The van der Waals surface area contributed by atoms with Gasteiger partial charge in [0.15, 0.2) is 0 Å². The molecule has 4 N–H and O–H groups in total. The normalized spacial score (nSPS) is 15.5. The summed E-state index contributed by atoms with van der Waals surface area (Å²) >= 11 is 0. The second-order valence-corrected chi connectivity index (χ2v) is 6.30. The number of phenolic OH excluding ortho intramolecular Hbond substituents is 1. The fraction of sp³-hybridized carbons (Fsp3) is 0.222. The summed E-state index contributed by atoms with van der Waals surface area (Å²) in [5, 5.41) is 26.1. The van der Waals surface area contributed by atoms with Crippen LogP contribution >= 0.6 is 0 Å². The Morgan fingerprint density at radius 1 is 1.36 bits per heavy atom. The fourth-order valence-corrected chi connectivity index (χ4v) is 2.70. The SMILES string of the molecule is CC1(C)NC=CC=C1NCc1c(O)ccc2cc(C(=O)O)c(=O)oc12. The van der Waals surface area contributed by atoms with E-state index < -0.39 is 17.2 Å². The number of dihydropyridines is 1. The van der Waals surface area contributed by atoms with E-state index in [0.29, 0.717) is 10.9 Å². The van der Waals surface area contributed by atoms with Gasteiger partial charge in [-0.1, -0.05) is 0 Å². The molecule has 0 bridgehead atoms. The van der Waals surface area contributed by atoms with Crippen LogP contribution in [-0.4, -0.2) is 21.7 Å². The van der Waals surface area contributed by atoms with Crippen molar-refractivity contribution in [3.63, 3.8) is 0 Å². The summed E-state index contributed by atoms with van der Waals surface area (Å²) in [5.74, 6) is -1.39. The van der Waals surface area contributed by atoms with Crippen molar-refractivity contribution in [3.05, 3.63) is 63.8 Å². The molecular weight excluding hydrogens is 324 g/mol. The average Bonchev–Trinajstić information content (AvgIpc) is 2.54. The number of aromatic carboxylic acids is 1. The molecule has 1 aliphatic rings. The van der Waals surface area contributed by atoms with E-state index in [1.165, 1.54) is 18.2 Å². The van der Waals surface area contributed by atoms with Crippen molar-refractivity contribution in [1.82, 2.24) is 10.6 Å². The molecule has 130 valence electrons. The standard InChI is InChI=1S/C18H18N2O5/c1-18(2)14(4-3-7-20-18)19-9-12-13(21)6-5-10-8-11(16(22)23)17(24)25-15(10)12/h3-8,19-21H,9H2,1-2H3,(H,22,23). The molecule has 7 heteroatoms. The molecule has 0 radical (unpaired) electrons. The van der Waals surface area contributed by atoms with Crippen LogP contribution in [0.4, 0.5) is 0 Å². The molecule has 1 aliphatic heterocycles. The number of carboxylic acid groups (broad SMARTS) is 1. The maximum atomic E-state index is 11.9. The number of aromatic hydroxyl groups is 1. The third-order valence-corrected chi connectivity index (χ3v) is 4.14. The Hall–Kier alpha value is -3.22. The zero-order valence-corrected chi connectivity index (χ0v) is 13.8. The lowest BCUT2D eigenvalue weighted by Crippen LogP contribution is -2.44. The Morgan fingerprint density at radius 2 is 2.12 bits per heavy atom. The van der Waals surface area contributed by atoms with E-state index >= 15 is 0 Å². The van der Waals surface area contributed by atoms with E-state index in [2.05, 4.69) is 10.6 Å². The van der Waals surface area contributed by atoms with Crippen molar-refractivity contribution < 1.29 is 19.4 Å². The molecule has 0 atom stereocenters. The van der Waals surface area contributed by atoms with E-state index in [4.69, 9.17) is 9.52 Å². The molecule has 2 heterocycles. The van der Waals surface area contributed by atoms with Crippen molar-refractivity contribution >= 4 is 16.9 Å². The monoisotopic (exact) mass is 342 g/mol. The molecule has 0 spiro atoms. The number of hydrogen-bond acceptors (Lipinski definition) is 6. The smallest absolute Gasteiger partial charge is 0.351 e. The van der Waals surface area contributed by atoms with E-state index in [1.807, 2.05) is 32.2 Å². The zero-order chi connectivity index (χ0) is 18.2. The number of fused-ring (bicyclic) bond motifs is 1. The van der Waals surface area contributed by atoms with Crippen LogP contribution in [0.3, 0.4) is 0 Å². The van der Waals surface area contributed by atoms with Crippen molar-refractivity contribution in [2.75, 3.05) is 0 Å². The molecule has 0 amide bonds. The first-order valence-electron chi connectivity index (χ1n) is 7.70. The van der Waals surface area contributed by atoms with Crippen molar-refractivity contribution in [2.24, 2.45) is 0 Å². The Labute approximate surface area is 143 Å². The lowest BCUT2D eigenvalue weighted by atomic mass is 9.97. The number of phenols is 1. The predicted octanol–water partition coefficient (Wildman–Crippen LogP) is 2.07. The first kappa shape index (κ1) is 16.6. The van der Waals surface area contributed by atoms with Crippen LogP contribution < -0.4 is 16.3 Å². The maximum absolute atomic E-state index is 11.9. The van der Waals surface area contributed by atoms with Gasteiger partial charge < -0.3 is 25.3 Å². The molecular formula is C18H18N2O5. The second kappa shape index (κ2) is 6.01. The first-order chi connectivity index (χ1) is 11.8. The number of carbonyl (C=O) groups is 1. The number of benzene rings is 1. The molecule has 25 heavy (non-hydrogen) atoms. The molecule has 0 fully saturated rings. The Kier molecular flexibility index (Phi) is 4.00. The topological polar surface area (TPSA) is 112 Å². The third kappa shape index (κ3) is 3.08. The largest absolute Gasteiger partial charge is 0.507 e. The third-order valence-electron chi connectivity index (χ3n) is 4.14. The maximum Gasteiger partial charge on any atom is 0.351 e. The Morgan fingerprint density at radius 3 is 2.80 bits per heavy atom. The van der Waals surface area contributed by atoms with Gasteiger partial charge in [0.2, 0.25) is 0 Å².